The van der Waals surface area contributed by atoms with E-state index in [1.165, 1.54) is 39.0 Å². The highest BCUT2D eigenvalue weighted by molar-refractivity contribution is 5.78. The number of hydrogen-bond acceptors (Lipinski definition) is 14. The Hall–Kier alpha value is -3.78. The molecule has 0 aromatic carbocycles. The van der Waals surface area contributed by atoms with Crippen LogP contribution in [0.25, 0.3) is 0 Å². The molecule has 0 amide bonds. The summed E-state index contributed by atoms with van der Waals surface area (Å²) in [5.41, 5.74) is -5.09. The second-order valence-electron chi connectivity index (χ2n) is 14.9. The molecule has 1 saturated carbocycles. The zero-order valence-corrected chi connectivity index (χ0v) is 30.2. The summed E-state index contributed by atoms with van der Waals surface area (Å²) in [6, 6.07) is 0. The molecule has 10 atom stereocenters. The van der Waals surface area contributed by atoms with Gasteiger partial charge in [-0.1, -0.05) is 40.7 Å². The molecule has 0 aromatic rings. The second-order valence-corrected chi connectivity index (χ2v) is 14.9. The summed E-state index contributed by atoms with van der Waals surface area (Å²) in [6.07, 6.45) is -2.22. The van der Waals surface area contributed by atoms with Crippen molar-refractivity contribution in [3.8, 4) is 0 Å². The molecule has 278 valence electrons. The number of aliphatic hydroxyl groups is 1. The van der Waals surface area contributed by atoms with Gasteiger partial charge in [0.2, 0.25) is 0 Å². The number of carbonyl (C=O) groups excluding carboxylic acids is 6. The van der Waals surface area contributed by atoms with Crippen LogP contribution < -0.4 is 0 Å². The highest BCUT2D eigenvalue weighted by atomic mass is 16.6. The van der Waals surface area contributed by atoms with Crippen LogP contribution in [0.4, 0.5) is 0 Å². The minimum absolute atomic E-state index is 0.0266. The van der Waals surface area contributed by atoms with Gasteiger partial charge in [0.05, 0.1) is 17.9 Å². The molecule has 0 unspecified atom stereocenters. The van der Waals surface area contributed by atoms with Crippen LogP contribution in [-0.2, 0) is 61.9 Å². The molecule has 0 bridgehead atoms. The van der Waals surface area contributed by atoms with Gasteiger partial charge in [-0.3, -0.25) is 28.8 Å². The molecule has 2 aliphatic carbocycles. The number of fused-ring (bicyclic) bond motifs is 3. The highest BCUT2D eigenvalue weighted by Crippen LogP contribution is 2.62. The summed E-state index contributed by atoms with van der Waals surface area (Å²) >= 11 is 0. The van der Waals surface area contributed by atoms with Gasteiger partial charge in [-0.25, -0.2) is 0 Å². The summed E-state index contributed by atoms with van der Waals surface area (Å²) in [7, 11) is 0. The monoisotopic (exact) mass is 706 g/mol. The molecule has 0 aromatic heterocycles. The lowest BCUT2D eigenvalue weighted by atomic mass is 9.52. The van der Waals surface area contributed by atoms with Crippen molar-refractivity contribution >= 4 is 35.8 Å². The fourth-order valence-electron chi connectivity index (χ4n) is 7.60. The van der Waals surface area contributed by atoms with E-state index in [-0.39, 0.29) is 49.9 Å². The molecule has 3 fully saturated rings. The standard InChI is InChI=1S/C36H50O14/c1-18(2)12-29(40)48-26-15-27(49-30(41)13-19(3)4)35(17-45-35)31-32(47-23(8)39)36(43)20(5)33(42)50-28(36)14-24(16-44-21(6)37)10-11-25(34(26,31)9)46-22(7)38/h10-11,14,18-20,25-28,31-32,43H,12-13,15-17H2,1-9H3/t20-,25-,26-,27+,28-,31+,32-,34-,35+,36-/m0/s1. The molecule has 1 N–H and O–H groups in total. The molecular formula is C36H50O14. The lowest BCUT2D eigenvalue weighted by molar-refractivity contribution is -0.253. The van der Waals surface area contributed by atoms with Crippen LogP contribution in [0.15, 0.2) is 23.8 Å². The zero-order valence-electron chi connectivity index (χ0n) is 30.2. The van der Waals surface area contributed by atoms with Crippen molar-refractivity contribution in [3.05, 3.63) is 23.8 Å². The van der Waals surface area contributed by atoms with Gasteiger partial charge >= 0.3 is 35.8 Å². The summed E-state index contributed by atoms with van der Waals surface area (Å²) in [5.74, 6) is -6.78. The molecule has 4 aliphatic rings. The van der Waals surface area contributed by atoms with Crippen molar-refractivity contribution in [2.24, 2.45) is 29.1 Å². The fraction of sp³-hybridized carbons (Fsp3) is 0.722. The fourth-order valence-corrected chi connectivity index (χ4v) is 7.60. The van der Waals surface area contributed by atoms with Crippen LogP contribution in [0.1, 0.15) is 81.6 Å². The number of hydrogen-bond donors (Lipinski definition) is 1. The van der Waals surface area contributed by atoms with Crippen molar-refractivity contribution < 1.29 is 67.0 Å². The number of epoxide rings is 1. The maximum Gasteiger partial charge on any atom is 0.312 e. The minimum Gasteiger partial charge on any atom is -0.461 e. The SMILES string of the molecule is CC(=O)OCC1=C[C@@H]2OC(=O)[C@H](C)[C@@]2(O)[C@@H](OC(C)=O)[C@H]2[C@@]3(CO3)[C@H](OC(=O)CC(C)C)C[C@H](OC(=O)CC(C)C)[C@]2(C)[C@@H](OC(C)=O)C=C1. The van der Waals surface area contributed by atoms with E-state index in [2.05, 4.69) is 0 Å². The molecule has 4 rings (SSSR count). The van der Waals surface area contributed by atoms with Crippen LogP contribution in [0.2, 0.25) is 0 Å². The van der Waals surface area contributed by atoms with Gasteiger partial charge in [0.15, 0.2) is 11.7 Å². The Morgan fingerprint density at radius 2 is 1.46 bits per heavy atom. The van der Waals surface area contributed by atoms with Crippen LogP contribution >= 0.6 is 0 Å². The van der Waals surface area contributed by atoms with E-state index in [1.54, 1.807) is 6.92 Å². The summed E-state index contributed by atoms with van der Waals surface area (Å²) in [6.45, 7) is 13.6. The third kappa shape index (κ3) is 7.75. The Balaban J connectivity index is 2.06. The highest BCUT2D eigenvalue weighted by Gasteiger charge is 2.78. The topological polar surface area (TPSA) is 191 Å². The zero-order chi connectivity index (χ0) is 37.3. The maximum absolute atomic E-state index is 13.5. The van der Waals surface area contributed by atoms with E-state index >= 15 is 0 Å². The Morgan fingerprint density at radius 3 is 1.96 bits per heavy atom. The van der Waals surface area contributed by atoms with E-state index in [4.69, 9.17) is 33.2 Å². The minimum atomic E-state index is -2.31. The molecule has 2 saturated heterocycles. The van der Waals surface area contributed by atoms with E-state index in [0.29, 0.717) is 0 Å². The van der Waals surface area contributed by atoms with Crippen molar-refractivity contribution in [1.29, 1.82) is 0 Å². The van der Waals surface area contributed by atoms with Crippen molar-refractivity contribution in [2.45, 2.75) is 123 Å². The van der Waals surface area contributed by atoms with Crippen LogP contribution in [-0.4, -0.2) is 95.9 Å². The molecular weight excluding hydrogens is 656 g/mol. The first-order valence-corrected chi connectivity index (χ1v) is 17.1. The van der Waals surface area contributed by atoms with Crippen molar-refractivity contribution in [3.63, 3.8) is 0 Å². The molecule has 14 heteroatoms. The predicted molar refractivity (Wildman–Crippen MR) is 173 cm³/mol. The third-order valence-electron chi connectivity index (χ3n) is 10.0. The van der Waals surface area contributed by atoms with Crippen LogP contribution in [0.3, 0.4) is 0 Å². The smallest absolute Gasteiger partial charge is 0.312 e. The molecule has 14 nitrogen and oxygen atoms in total. The van der Waals surface area contributed by atoms with Gasteiger partial charge in [0.25, 0.3) is 0 Å². The molecule has 2 aliphatic heterocycles. The second kappa shape index (κ2) is 14.8. The average molecular weight is 707 g/mol. The Kier molecular flexibility index (Phi) is 11.6. The molecule has 1 spiro atoms. The number of rotatable bonds is 10. The number of ether oxygens (including phenoxy) is 7. The van der Waals surface area contributed by atoms with Gasteiger partial charge in [-0.05, 0) is 36.5 Å². The van der Waals surface area contributed by atoms with E-state index < -0.39 is 94.8 Å². The maximum atomic E-state index is 13.5. The van der Waals surface area contributed by atoms with E-state index in [1.807, 2.05) is 27.7 Å². The average Bonchev–Trinajstić information content (AvgIpc) is 3.73. The molecule has 2 heterocycles. The summed E-state index contributed by atoms with van der Waals surface area (Å²) in [4.78, 5) is 77.6. The van der Waals surface area contributed by atoms with Crippen molar-refractivity contribution in [2.75, 3.05) is 13.2 Å². The number of esters is 6. The molecule has 50 heavy (non-hydrogen) atoms. The predicted octanol–water partition coefficient (Wildman–Crippen LogP) is 2.91. The Bertz CT molecular complexity index is 1430. The first-order valence-electron chi connectivity index (χ1n) is 17.1. The normalized spacial score (nSPS) is 36.0. The van der Waals surface area contributed by atoms with Gasteiger partial charge < -0.3 is 38.3 Å². The van der Waals surface area contributed by atoms with Gasteiger partial charge in [-0.2, -0.15) is 0 Å². The largest absolute Gasteiger partial charge is 0.461 e. The Labute approximate surface area is 292 Å². The first kappa shape index (κ1) is 39.0. The lowest BCUT2D eigenvalue weighted by Crippen LogP contribution is -2.72. The molecule has 0 radical (unpaired) electrons. The third-order valence-corrected chi connectivity index (χ3v) is 10.0. The van der Waals surface area contributed by atoms with Gasteiger partial charge in [0, 0.05) is 46.0 Å². The van der Waals surface area contributed by atoms with Crippen LogP contribution in [0.5, 0.6) is 0 Å². The number of carbonyl (C=O) groups is 6. The van der Waals surface area contributed by atoms with Gasteiger partial charge in [-0.15, -0.1) is 0 Å². The van der Waals surface area contributed by atoms with E-state index in [0.717, 1.165) is 6.92 Å². The lowest BCUT2D eigenvalue weighted by Gasteiger charge is -2.57. The van der Waals surface area contributed by atoms with E-state index in [9.17, 15) is 33.9 Å². The quantitative estimate of drug-likeness (QED) is 0.198. The summed E-state index contributed by atoms with van der Waals surface area (Å²) < 4.78 is 41.4. The Morgan fingerprint density at radius 1 is 0.900 bits per heavy atom. The van der Waals surface area contributed by atoms with Crippen LogP contribution in [0, 0.1) is 29.1 Å². The summed E-state index contributed by atoms with van der Waals surface area (Å²) in [5, 5.41) is 12.9. The van der Waals surface area contributed by atoms with Crippen molar-refractivity contribution in [1.82, 2.24) is 0 Å². The van der Waals surface area contributed by atoms with Gasteiger partial charge in [0.1, 0.15) is 36.6 Å². The first-order chi connectivity index (χ1) is 23.2.